The molecule has 18 heavy (non-hydrogen) atoms. The average Bonchev–Trinajstić information content (AvgIpc) is 2.19. The Morgan fingerprint density at radius 1 is 1.39 bits per heavy atom. The normalized spacial score (nSPS) is 13.1. The van der Waals surface area contributed by atoms with Crippen molar-refractivity contribution >= 4 is 26.0 Å². The second kappa shape index (κ2) is 5.28. The summed E-state index contributed by atoms with van der Waals surface area (Å²) in [7, 11) is -2.14. The van der Waals surface area contributed by atoms with Gasteiger partial charge in [-0.25, -0.2) is 8.42 Å². The molecule has 0 aromatic heterocycles. The number of aryl methyl sites for hydroxylation is 1. The highest BCUT2D eigenvalue weighted by molar-refractivity contribution is 9.10. The molecule has 0 heterocycles. The third-order valence-electron chi connectivity index (χ3n) is 2.45. The Hall–Kier alpha value is -0.430. The number of aliphatic hydroxyl groups is 1. The third kappa shape index (κ3) is 3.54. The van der Waals surface area contributed by atoms with E-state index < -0.39 is 15.6 Å². The maximum atomic E-state index is 12.4. The fraction of sp³-hybridized carbons (Fsp3) is 0.500. The summed E-state index contributed by atoms with van der Waals surface area (Å²) in [6.07, 6.45) is 0. The van der Waals surface area contributed by atoms with Gasteiger partial charge in [0.2, 0.25) is 10.0 Å². The largest absolute Gasteiger partial charge is 0.389 e. The maximum absolute atomic E-state index is 12.4. The fourth-order valence-corrected chi connectivity index (χ4v) is 3.96. The van der Waals surface area contributed by atoms with E-state index in [0.717, 1.165) is 9.87 Å². The van der Waals surface area contributed by atoms with Crippen molar-refractivity contribution < 1.29 is 13.5 Å². The molecule has 0 unspecified atom stereocenters. The van der Waals surface area contributed by atoms with Gasteiger partial charge in [-0.05, 0) is 48.3 Å². The van der Waals surface area contributed by atoms with Gasteiger partial charge in [0.25, 0.3) is 0 Å². The molecule has 0 aliphatic heterocycles. The molecule has 0 radical (unpaired) electrons. The highest BCUT2D eigenvalue weighted by atomic mass is 79.9. The van der Waals surface area contributed by atoms with E-state index in [4.69, 9.17) is 0 Å². The van der Waals surface area contributed by atoms with Crippen molar-refractivity contribution in [1.82, 2.24) is 4.31 Å². The molecule has 0 spiro atoms. The summed E-state index contributed by atoms with van der Waals surface area (Å²) < 4.78 is 26.5. The molecular formula is C12H18BrNO3S. The minimum atomic E-state index is -3.60. The molecule has 1 aromatic rings. The van der Waals surface area contributed by atoms with Crippen LogP contribution in [0.25, 0.3) is 0 Å². The molecule has 6 heteroatoms. The Kier molecular flexibility index (Phi) is 4.59. The topological polar surface area (TPSA) is 57.6 Å². The van der Waals surface area contributed by atoms with Crippen LogP contribution in [-0.2, 0) is 10.0 Å². The summed E-state index contributed by atoms with van der Waals surface area (Å²) in [4.78, 5) is 0.217. The van der Waals surface area contributed by atoms with Crippen LogP contribution >= 0.6 is 15.9 Å². The lowest BCUT2D eigenvalue weighted by molar-refractivity contribution is 0.0640. The van der Waals surface area contributed by atoms with Gasteiger partial charge in [0.1, 0.15) is 0 Å². The standard InChI is InChI=1S/C12H18BrNO3S/c1-9-6-5-7-10(11(9)13)18(16,17)14(4)8-12(2,3)15/h5-7,15H,8H2,1-4H3. The first-order valence-electron chi connectivity index (χ1n) is 5.49. The number of hydrogen-bond donors (Lipinski definition) is 1. The van der Waals surface area contributed by atoms with E-state index in [1.54, 1.807) is 26.0 Å². The van der Waals surface area contributed by atoms with E-state index in [1.165, 1.54) is 7.05 Å². The van der Waals surface area contributed by atoms with Crippen molar-refractivity contribution in [3.8, 4) is 0 Å². The van der Waals surface area contributed by atoms with E-state index in [1.807, 2.05) is 13.0 Å². The van der Waals surface area contributed by atoms with E-state index in [-0.39, 0.29) is 11.4 Å². The van der Waals surface area contributed by atoms with Gasteiger partial charge >= 0.3 is 0 Å². The van der Waals surface area contributed by atoms with E-state index in [9.17, 15) is 13.5 Å². The Bertz CT molecular complexity index is 535. The number of likely N-dealkylation sites (N-methyl/N-ethyl adjacent to an activating group) is 1. The Morgan fingerprint density at radius 3 is 2.44 bits per heavy atom. The monoisotopic (exact) mass is 335 g/mol. The molecular weight excluding hydrogens is 318 g/mol. The van der Waals surface area contributed by atoms with Gasteiger partial charge in [0.15, 0.2) is 0 Å². The first-order valence-corrected chi connectivity index (χ1v) is 7.73. The molecule has 0 amide bonds. The van der Waals surface area contributed by atoms with Gasteiger partial charge in [0, 0.05) is 18.1 Å². The summed E-state index contributed by atoms with van der Waals surface area (Å²) in [5.74, 6) is 0. The molecule has 102 valence electrons. The predicted octanol–water partition coefficient (Wildman–Crippen LogP) is 2.15. The van der Waals surface area contributed by atoms with E-state index in [2.05, 4.69) is 15.9 Å². The molecule has 4 nitrogen and oxygen atoms in total. The first kappa shape index (κ1) is 15.6. The lowest BCUT2D eigenvalue weighted by atomic mass is 10.1. The molecule has 0 fully saturated rings. The zero-order valence-electron chi connectivity index (χ0n) is 10.9. The second-order valence-corrected chi connectivity index (χ2v) is 7.77. The zero-order chi connectivity index (χ0) is 14.1. The Morgan fingerprint density at radius 2 is 1.94 bits per heavy atom. The minimum Gasteiger partial charge on any atom is -0.389 e. The van der Waals surface area contributed by atoms with Crippen LogP contribution in [0.4, 0.5) is 0 Å². The van der Waals surface area contributed by atoms with Crippen LogP contribution in [-0.4, -0.2) is 37.0 Å². The molecule has 0 aliphatic rings. The zero-order valence-corrected chi connectivity index (χ0v) is 13.3. The van der Waals surface area contributed by atoms with E-state index in [0.29, 0.717) is 4.47 Å². The third-order valence-corrected chi connectivity index (χ3v) is 5.61. The van der Waals surface area contributed by atoms with Crippen molar-refractivity contribution in [3.05, 3.63) is 28.2 Å². The number of benzene rings is 1. The van der Waals surface area contributed by atoms with Crippen molar-refractivity contribution in [1.29, 1.82) is 0 Å². The smallest absolute Gasteiger partial charge is 0.244 e. The second-order valence-electron chi connectivity index (χ2n) is 4.96. The molecule has 1 N–H and O–H groups in total. The average molecular weight is 336 g/mol. The van der Waals surface area contributed by atoms with Gasteiger partial charge in [-0.1, -0.05) is 12.1 Å². The fourth-order valence-electron chi connectivity index (χ4n) is 1.62. The summed E-state index contributed by atoms with van der Waals surface area (Å²) >= 11 is 3.30. The van der Waals surface area contributed by atoms with Gasteiger partial charge < -0.3 is 5.11 Å². The number of rotatable bonds is 4. The maximum Gasteiger partial charge on any atom is 0.244 e. The highest BCUT2D eigenvalue weighted by Gasteiger charge is 2.28. The molecule has 0 aliphatic carbocycles. The lowest BCUT2D eigenvalue weighted by Crippen LogP contribution is -2.39. The summed E-state index contributed by atoms with van der Waals surface area (Å²) in [6.45, 7) is 5.02. The van der Waals surface area contributed by atoms with Crippen LogP contribution in [0.2, 0.25) is 0 Å². The molecule has 0 atom stereocenters. The minimum absolute atomic E-state index is 0.0374. The quantitative estimate of drug-likeness (QED) is 0.917. The van der Waals surface area contributed by atoms with Crippen LogP contribution in [0, 0.1) is 6.92 Å². The van der Waals surface area contributed by atoms with Gasteiger partial charge in [0.05, 0.1) is 10.5 Å². The molecule has 0 bridgehead atoms. The summed E-state index contributed by atoms with van der Waals surface area (Å²) in [5, 5.41) is 9.70. The molecule has 0 saturated carbocycles. The SMILES string of the molecule is Cc1cccc(S(=O)(=O)N(C)CC(C)(C)O)c1Br. The lowest BCUT2D eigenvalue weighted by Gasteiger charge is -2.25. The van der Waals surface area contributed by atoms with Crippen LogP contribution in [0.3, 0.4) is 0 Å². The predicted molar refractivity (Wildman–Crippen MR) is 75.0 cm³/mol. The van der Waals surface area contributed by atoms with Crippen LogP contribution < -0.4 is 0 Å². The van der Waals surface area contributed by atoms with Gasteiger partial charge in [-0.2, -0.15) is 4.31 Å². The summed E-state index contributed by atoms with van der Waals surface area (Å²) in [5.41, 5.74) is -0.217. The Balaban J connectivity index is 3.18. The number of sulfonamides is 1. The van der Waals surface area contributed by atoms with Gasteiger partial charge in [-0.15, -0.1) is 0 Å². The number of halogens is 1. The number of nitrogens with zero attached hydrogens (tertiary/aromatic N) is 1. The first-order chi connectivity index (χ1) is 8.05. The van der Waals surface area contributed by atoms with Crippen molar-refractivity contribution in [3.63, 3.8) is 0 Å². The number of hydrogen-bond acceptors (Lipinski definition) is 3. The van der Waals surface area contributed by atoms with Crippen molar-refractivity contribution in [2.45, 2.75) is 31.3 Å². The molecule has 1 rings (SSSR count). The molecule has 0 saturated heterocycles. The molecule has 1 aromatic carbocycles. The van der Waals surface area contributed by atoms with Crippen LogP contribution in [0.5, 0.6) is 0 Å². The summed E-state index contributed by atoms with van der Waals surface area (Å²) in [6, 6.07) is 5.08. The van der Waals surface area contributed by atoms with Crippen molar-refractivity contribution in [2.24, 2.45) is 0 Å². The van der Waals surface area contributed by atoms with Crippen LogP contribution in [0.15, 0.2) is 27.6 Å². The highest BCUT2D eigenvalue weighted by Crippen LogP contribution is 2.27. The Labute approximate surface area is 117 Å². The van der Waals surface area contributed by atoms with Gasteiger partial charge in [-0.3, -0.25) is 0 Å². The van der Waals surface area contributed by atoms with Crippen LogP contribution in [0.1, 0.15) is 19.4 Å². The van der Waals surface area contributed by atoms with E-state index >= 15 is 0 Å². The van der Waals surface area contributed by atoms with Crippen molar-refractivity contribution in [2.75, 3.05) is 13.6 Å².